The molecule has 0 atom stereocenters. The summed E-state index contributed by atoms with van der Waals surface area (Å²) in [5, 5.41) is 8.69. The first kappa shape index (κ1) is 10.3. The summed E-state index contributed by atoms with van der Waals surface area (Å²) >= 11 is 1.53. The van der Waals surface area contributed by atoms with Gasteiger partial charge < -0.3 is 9.52 Å². The fraction of sp³-hybridized carbons (Fsp3) is 0.300. The van der Waals surface area contributed by atoms with Gasteiger partial charge in [0.15, 0.2) is 5.58 Å². The third kappa shape index (κ3) is 1.93. The first-order chi connectivity index (χ1) is 7.22. The monoisotopic (exact) mass is 225 g/mol. The molecular formula is C10H11NO3S. The second kappa shape index (κ2) is 4.12. The summed E-state index contributed by atoms with van der Waals surface area (Å²) in [7, 11) is 1.68. The number of oxazole rings is 1. The van der Waals surface area contributed by atoms with Gasteiger partial charge in [-0.1, -0.05) is 0 Å². The second-order valence-electron chi connectivity index (χ2n) is 3.13. The van der Waals surface area contributed by atoms with Gasteiger partial charge in [0.05, 0.1) is 12.1 Å². The Morgan fingerprint density at radius 1 is 1.53 bits per heavy atom. The van der Waals surface area contributed by atoms with Crippen LogP contribution in [0.3, 0.4) is 0 Å². The molecular weight excluding hydrogens is 214 g/mol. The maximum Gasteiger partial charge on any atom is 0.419 e. The summed E-state index contributed by atoms with van der Waals surface area (Å²) < 4.78 is 6.52. The molecule has 5 heteroatoms. The largest absolute Gasteiger partial charge is 0.419 e. The van der Waals surface area contributed by atoms with E-state index in [1.807, 2.05) is 18.2 Å². The molecule has 0 aliphatic heterocycles. The van der Waals surface area contributed by atoms with E-state index in [0.717, 1.165) is 10.4 Å². The van der Waals surface area contributed by atoms with Crippen molar-refractivity contribution in [2.45, 2.75) is 4.90 Å². The molecule has 0 saturated heterocycles. The number of aryl methyl sites for hydroxylation is 1. The van der Waals surface area contributed by atoms with E-state index in [-0.39, 0.29) is 12.4 Å². The molecule has 1 aromatic carbocycles. The molecule has 0 fully saturated rings. The Balaban J connectivity index is 2.43. The summed E-state index contributed by atoms with van der Waals surface area (Å²) in [5.41, 5.74) is 1.37. The normalized spacial score (nSPS) is 11.1. The van der Waals surface area contributed by atoms with Crippen LogP contribution in [-0.2, 0) is 7.05 Å². The quantitative estimate of drug-likeness (QED) is 0.798. The molecule has 0 amide bonds. The predicted molar refractivity (Wildman–Crippen MR) is 59.3 cm³/mol. The molecule has 1 N–H and O–H groups in total. The van der Waals surface area contributed by atoms with Crippen LogP contribution < -0.4 is 5.76 Å². The Kier molecular flexibility index (Phi) is 2.83. The Morgan fingerprint density at radius 2 is 2.33 bits per heavy atom. The van der Waals surface area contributed by atoms with Crippen molar-refractivity contribution in [3.8, 4) is 0 Å². The van der Waals surface area contributed by atoms with E-state index >= 15 is 0 Å². The van der Waals surface area contributed by atoms with Crippen molar-refractivity contribution in [1.29, 1.82) is 0 Å². The molecule has 0 spiro atoms. The van der Waals surface area contributed by atoms with Crippen molar-refractivity contribution < 1.29 is 9.52 Å². The number of hydrogen-bond acceptors (Lipinski definition) is 4. The lowest BCUT2D eigenvalue weighted by Crippen LogP contribution is -2.08. The van der Waals surface area contributed by atoms with Gasteiger partial charge in [-0.05, 0) is 18.2 Å². The van der Waals surface area contributed by atoms with Gasteiger partial charge in [-0.3, -0.25) is 4.57 Å². The summed E-state index contributed by atoms with van der Waals surface area (Å²) in [5.74, 6) is 0.289. The van der Waals surface area contributed by atoms with E-state index in [4.69, 9.17) is 9.52 Å². The molecule has 4 nitrogen and oxygen atoms in total. The number of aromatic nitrogens is 1. The minimum atomic E-state index is -0.352. The van der Waals surface area contributed by atoms with E-state index in [1.54, 1.807) is 7.05 Å². The molecule has 2 rings (SSSR count). The molecule has 15 heavy (non-hydrogen) atoms. The summed E-state index contributed by atoms with van der Waals surface area (Å²) in [4.78, 5) is 12.2. The number of nitrogens with zero attached hydrogens (tertiary/aromatic N) is 1. The van der Waals surface area contributed by atoms with Crippen molar-refractivity contribution >= 4 is 22.9 Å². The highest BCUT2D eigenvalue weighted by Gasteiger charge is 2.06. The SMILES string of the molecule is Cn1c(=O)oc2cc(SCCO)ccc21. The van der Waals surface area contributed by atoms with Crippen LogP contribution in [0.2, 0.25) is 0 Å². The van der Waals surface area contributed by atoms with Crippen LogP contribution in [0, 0.1) is 0 Å². The van der Waals surface area contributed by atoms with Crippen molar-refractivity contribution in [1.82, 2.24) is 4.57 Å². The lowest BCUT2D eigenvalue weighted by molar-refractivity contribution is 0.322. The molecule has 0 aliphatic rings. The molecule has 1 aromatic heterocycles. The van der Waals surface area contributed by atoms with E-state index in [0.29, 0.717) is 11.3 Å². The topological polar surface area (TPSA) is 55.4 Å². The number of rotatable bonds is 3. The van der Waals surface area contributed by atoms with Crippen LogP contribution in [0.5, 0.6) is 0 Å². The average molecular weight is 225 g/mol. The number of hydrogen-bond donors (Lipinski definition) is 1. The Labute approximate surface area is 90.5 Å². The first-order valence-electron chi connectivity index (χ1n) is 4.55. The number of benzene rings is 1. The Bertz CT molecular complexity index is 529. The van der Waals surface area contributed by atoms with Crippen LogP contribution in [0.25, 0.3) is 11.1 Å². The number of aliphatic hydroxyl groups is 1. The maximum absolute atomic E-state index is 11.2. The molecule has 1 heterocycles. The van der Waals surface area contributed by atoms with Crippen LogP contribution in [-0.4, -0.2) is 22.0 Å². The fourth-order valence-electron chi connectivity index (χ4n) is 1.37. The van der Waals surface area contributed by atoms with Crippen LogP contribution in [0.1, 0.15) is 0 Å². The highest BCUT2D eigenvalue weighted by atomic mass is 32.2. The standard InChI is InChI=1S/C10H11NO3S/c1-11-8-3-2-7(15-5-4-12)6-9(8)14-10(11)13/h2-3,6,12H,4-5H2,1H3. The Morgan fingerprint density at radius 3 is 3.07 bits per heavy atom. The number of aliphatic hydroxyl groups excluding tert-OH is 1. The zero-order valence-corrected chi connectivity index (χ0v) is 9.08. The third-order valence-corrected chi connectivity index (χ3v) is 3.10. The highest BCUT2D eigenvalue weighted by molar-refractivity contribution is 7.99. The smallest absolute Gasteiger partial charge is 0.408 e. The minimum Gasteiger partial charge on any atom is -0.408 e. The Hall–Kier alpha value is -1.20. The molecule has 2 aromatic rings. The van der Waals surface area contributed by atoms with Gasteiger partial charge in [-0.25, -0.2) is 4.79 Å². The van der Waals surface area contributed by atoms with Crippen molar-refractivity contribution in [3.05, 3.63) is 28.7 Å². The van der Waals surface area contributed by atoms with Gasteiger partial charge in [0.1, 0.15) is 0 Å². The molecule has 0 unspecified atom stereocenters. The van der Waals surface area contributed by atoms with E-state index in [1.165, 1.54) is 16.3 Å². The maximum atomic E-state index is 11.2. The highest BCUT2D eigenvalue weighted by Crippen LogP contribution is 2.22. The molecule has 0 bridgehead atoms. The summed E-state index contributed by atoms with van der Waals surface area (Å²) in [6.45, 7) is 0.140. The van der Waals surface area contributed by atoms with Crippen molar-refractivity contribution in [2.24, 2.45) is 7.05 Å². The second-order valence-corrected chi connectivity index (χ2v) is 4.30. The molecule has 0 aliphatic carbocycles. The lowest BCUT2D eigenvalue weighted by Gasteiger charge is -1.98. The van der Waals surface area contributed by atoms with Gasteiger partial charge in [0.25, 0.3) is 0 Å². The molecule has 0 saturated carbocycles. The van der Waals surface area contributed by atoms with Crippen LogP contribution >= 0.6 is 11.8 Å². The van der Waals surface area contributed by atoms with Gasteiger partial charge in [-0.2, -0.15) is 0 Å². The fourth-order valence-corrected chi connectivity index (χ4v) is 2.05. The van der Waals surface area contributed by atoms with Crippen molar-refractivity contribution in [3.63, 3.8) is 0 Å². The zero-order valence-electron chi connectivity index (χ0n) is 8.27. The zero-order chi connectivity index (χ0) is 10.8. The lowest BCUT2D eigenvalue weighted by atomic mass is 10.3. The molecule has 80 valence electrons. The minimum absolute atomic E-state index is 0.140. The van der Waals surface area contributed by atoms with Crippen LogP contribution in [0.15, 0.2) is 32.3 Å². The summed E-state index contributed by atoms with van der Waals surface area (Å²) in [6.07, 6.45) is 0. The average Bonchev–Trinajstić information content (AvgIpc) is 2.52. The van der Waals surface area contributed by atoms with Gasteiger partial charge in [0, 0.05) is 17.7 Å². The summed E-state index contributed by atoms with van der Waals surface area (Å²) in [6, 6.07) is 5.58. The van der Waals surface area contributed by atoms with Crippen LogP contribution in [0.4, 0.5) is 0 Å². The van der Waals surface area contributed by atoms with Gasteiger partial charge in [-0.15, -0.1) is 11.8 Å². The first-order valence-corrected chi connectivity index (χ1v) is 5.54. The van der Waals surface area contributed by atoms with E-state index in [2.05, 4.69) is 0 Å². The van der Waals surface area contributed by atoms with Gasteiger partial charge >= 0.3 is 5.76 Å². The van der Waals surface area contributed by atoms with E-state index < -0.39 is 0 Å². The third-order valence-electron chi connectivity index (χ3n) is 2.12. The number of thioether (sulfide) groups is 1. The predicted octanol–water partition coefficient (Wildman–Crippen LogP) is 1.22. The number of fused-ring (bicyclic) bond motifs is 1. The van der Waals surface area contributed by atoms with Crippen molar-refractivity contribution in [2.75, 3.05) is 12.4 Å². The van der Waals surface area contributed by atoms with E-state index in [9.17, 15) is 4.79 Å². The molecule has 0 radical (unpaired) electrons. The van der Waals surface area contributed by atoms with Gasteiger partial charge in [0.2, 0.25) is 0 Å².